The van der Waals surface area contributed by atoms with Crippen molar-refractivity contribution >= 4 is 5.91 Å². The highest BCUT2D eigenvalue weighted by Gasteiger charge is 2.17. The van der Waals surface area contributed by atoms with E-state index in [0.717, 1.165) is 25.9 Å². The molecular formula is C12H16N2O3. The topological polar surface area (TPSA) is 71.5 Å². The maximum Gasteiger partial charge on any atom is 0.273 e. The Labute approximate surface area is 99.8 Å². The summed E-state index contributed by atoms with van der Waals surface area (Å²) in [6.45, 7) is 1.23. The molecule has 5 nitrogen and oxygen atoms in total. The standard InChI is InChI=1S/C12H16N2O3/c15-10-5-3-6-13-11(10)12(16)14-8-9-4-1-2-7-17-9/h3,5-6,9,15H,1-2,4,7-8H2,(H,14,16). The second-order valence-electron chi connectivity index (χ2n) is 4.07. The number of carbonyl (C=O) groups excluding carboxylic acids is 1. The van der Waals surface area contributed by atoms with E-state index >= 15 is 0 Å². The first-order chi connectivity index (χ1) is 8.27. The second kappa shape index (κ2) is 5.63. The van der Waals surface area contributed by atoms with E-state index in [4.69, 9.17) is 4.74 Å². The van der Waals surface area contributed by atoms with E-state index in [2.05, 4.69) is 10.3 Å². The molecular weight excluding hydrogens is 220 g/mol. The maximum absolute atomic E-state index is 11.7. The molecule has 1 aromatic rings. The summed E-state index contributed by atoms with van der Waals surface area (Å²) in [5, 5.41) is 12.2. The van der Waals surface area contributed by atoms with Crippen LogP contribution in [0.5, 0.6) is 5.75 Å². The van der Waals surface area contributed by atoms with Crippen molar-refractivity contribution in [3.63, 3.8) is 0 Å². The van der Waals surface area contributed by atoms with Crippen molar-refractivity contribution in [3.05, 3.63) is 24.0 Å². The van der Waals surface area contributed by atoms with Gasteiger partial charge < -0.3 is 15.2 Å². The maximum atomic E-state index is 11.7. The van der Waals surface area contributed by atoms with Crippen LogP contribution in [0.2, 0.25) is 0 Å². The fourth-order valence-electron chi connectivity index (χ4n) is 1.83. The van der Waals surface area contributed by atoms with Crippen LogP contribution in [0.4, 0.5) is 0 Å². The predicted molar refractivity (Wildman–Crippen MR) is 61.8 cm³/mol. The third kappa shape index (κ3) is 3.17. The van der Waals surface area contributed by atoms with Gasteiger partial charge in [-0.1, -0.05) is 0 Å². The van der Waals surface area contributed by atoms with E-state index in [1.54, 1.807) is 6.07 Å². The number of nitrogens with zero attached hydrogens (tertiary/aromatic N) is 1. The number of pyridine rings is 1. The van der Waals surface area contributed by atoms with E-state index in [1.165, 1.54) is 12.3 Å². The molecule has 0 aliphatic carbocycles. The number of amides is 1. The molecule has 0 spiro atoms. The lowest BCUT2D eigenvalue weighted by molar-refractivity contribution is 0.0168. The van der Waals surface area contributed by atoms with E-state index in [-0.39, 0.29) is 23.5 Å². The number of hydrogen-bond acceptors (Lipinski definition) is 4. The number of rotatable bonds is 3. The lowest BCUT2D eigenvalue weighted by Crippen LogP contribution is -2.35. The van der Waals surface area contributed by atoms with E-state index in [0.29, 0.717) is 6.54 Å². The SMILES string of the molecule is O=C(NCC1CCCCO1)c1ncccc1O. The van der Waals surface area contributed by atoms with Gasteiger partial charge in [0.2, 0.25) is 0 Å². The zero-order valence-electron chi connectivity index (χ0n) is 9.56. The molecule has 0 bridgehead atoms. The van der Waals surface area contributed by atoms with E-state index < -0.39 is 0 Å². The molecule has 5 heteroatoms. The molecule has 2 heterocycles. The summed E-state index contributed by atoms with van der Waals surface area (Å²) in [5.74, 6) is -0.466. The number of ether oxygens (including phenoxy) is 1. The molecule has 1 aliphatic rings. The summed E-state index contributed by atoms with van der Waals surface area (Å²) in [4.78, 5) is 15.6. The first kappa shape index (κ1) is 11.9. The van der Waals surface area contributed by atoms with Crippen LogP contribution in [0.25, 0.3) is 0 Å². The van der Waals surface area contributed by atoms with Gasteiger partial charge in [0.05, 0.1) is 6.10 Å². The van der Waals surface area contributed by atoms with Crippen molar-refractivity contribution in [1.82, 2.24) is 10.3 Å². The van der Waals surface area contributed by atoms with Crippen LogP contribution in [-0.2, 0) is 4.74 Å². The number of nitrogens with one attached hydrogen (secondary N) is 1. The van der Waals surface area contributed by atoms with Crippen molar-refractivity contribution in [2.75, 3.05) is 13.2 Å². The van der Waals surface area contributed by atoms with Crippen LogP contribution >= 0.6 is 0 Å². The largest absolute Gasteiger partial charge is 0.505 e. The number of carbonyl (C=O) groups is 1. The number of aromatic nitrogens is 1. The number of aromatic hydroxyl groups is 1. The highest BCUT2D eigenvalue weighted by Crippen LogP contribution is 2.14. The normalized spacial score (nSPS) is 19.9. The molecule has 1 atom stereocenters. The van der Waals surface area contributed by atoms with Crippen molar-refractivity contribution in [3.8, 4) is 5.75 Å². The Bertz CT molecular complexity index is 389. The Morgan fingerprint density at radius 1 is 1.59 bits per heavy atom. The fraction of sp³-hybridized carbons (Fsp3) is 0.500. The summed E-state index contributed by atoms with van der Waals surface area (Å²) in [6, 6.07) is 3.02. The minimum Gasteiger partial charge on any atom is -0.505 e. The Balaban J connectivity index is 1.87. The Morgan fingerprint density at radius 2 is 2.47 bits per heavy atom. The average molecular weight is 236 g/mol. The van der Waals surface area contributed by atoms with Gasteiger partial charge in [0.1, 0.15) is 5.75 Å². The van der Waals surface area contributed by atoms with Gasteiger partial charge in [-0.2, -0.15) is 0 Å². The first-order valence-electron chi connectivity index (χ1n) is 5.81. The lowest BCUT2D eigenvalue weighted by Gasteiger charge is -2.22. The minimum absolute atomic E-state index is 0.0586. The van der Waals surface area contributed by atoms with Gasteiger partial charge in [-0.05, 0) is 31.4 Å². The second-order valence-corrected chi connectivity index (χ2v) is 4.07. The highest BCUT2D eigenvalue weighted by molar-refractivity contribution is 5.94. The molecule has 2 rings (SSSR count). The van der Waals surface area contributed by atoms with Crippen molar-refractivity contribution in [2.24, 2.45) is 0 Å². The van der Waals surface area contributed by atoms with Crippen LogP contribution in [0, 0.1) is 0 Å². The molecule has 1 aliphatic heterocycles. The van der Waals surface area contributed by atoms with Gasteiger partial charge in [0.25, 0.3) is 5.91 Å². The monoisotopic (exact) mass is 236 g/mol. The van der Waals surface area contributed by atoms with Crippen LogP contribution in [0.3, 0.4) is 0 Å². The summed E-state index contributed by atoms with van der Waals surface area (Å²) in [6.07, 6.45) is 4.75. The van der Waals surface area contributed by atoms with Gasteiger partial charge in [0, 0.05) is 19.3 Å². The molecule has 1 unspecified atom stereocenters. The fourth-order valence-corrected chi connectivity index (χ4v) is 1.83. The summed E-state index contributed by atoms with van der Waals surface area (Å²) < 4.78 is 5.50. The molecule has 92 valence electrons. The van der Waals surface area contributed by atoms with Crippen molar-refractivity contribution in [1.29, 1.82) is 0 Å². The van der Waals surface area contributed by atoms with Gasteiger partial charge in [0.15, 0.2) is 5.69 Å². The van der Waals surface area contributed by atoms with Crippen molar-refractivity contribution < 1.29 is 14.6 Å². The van der Waals surface area contributed by atoms with Gasteiger partial charge >= 0.3 is 0 Å². The van der Waals surface area contributed by atoms with Gasteiger partial charge in [-0.25, -0.2) is 4.98 Å². The number of hydrogen-bond donors (Lipinski definition) is 2. The van der Waals surface area contributed by atoms with E-state index in [9.17, 15) is 9.90 Å². The molecule has 1 amide bonds. The van der Waals surface area contributed by atoms with E-state index in [1.807, 2.05) is 0 Å². The molecule has 0 aromatic carbocycles. The zero-order chi connectivity index (χ0) is 12.1. The zero-order valence-corrected chi connectivity index (χ0v) is 9.56. The first-order valence-corrected chi connectivity index (χ1v) is 5.81. The summed E-state index contributed by atoms with van der Waals surface area (Å²) in [7, 11) is 0. The van der Waals surface area contributed by atoms with Gasteiger partial charge in [-0.15, -0.1) is 0 Å². The Hall–Kier alpha value is -1.62. The third-order valence-corrected chi connectivity index (χ3v) is 2.77. The summed E-state index contributed by atoms with van der Waals surface area (Å²) in [5.41, 5.74) is 0.0586. The van der Waals surface area contributed by atoms with Crippen LogP contribution in [0.15, 0.2) is 18.3 Å². The molecule has 17 heavy (non-hydrogen) atoms. The Kier molecular flexibility index (Phi) is 3.93. The van der Waals surface area contributed by atoms with Crippen LogP contribution in [0.1, 0.15) is 29.8 Å². The highest BCUT2D eigenvalue weighted by atomic mass is 16.5. The summed E-state index contributed by atoms with van der Waals surface area (Å²) >= 11 is 0. The third-order valence-electron chi connectivity index (χ3n) is 2.77. The molecule has 1 saturated heterocycles. The molecule has 2 N–H and O–H groups in total. The average Bonchev–Trinajstić information content (AvgIpc) is 2.38. The minimum atomic E-state index is -0.364. The quantitative estimate of drug-likeness (QED) is 0.824. The lowest BCUT2D eigenvalue weighted by atomic mass is 10.1. The molecule has 0 radical (unpaired) electrons. The molecule has 1 fully saturated rings. The van der Waals surface area contributed by atoms with Crippen LogP contribution < -0.4 is 5.32 Å². The smallest absolute Gasteiger partial charge is 0.273 e. The van der Waals surface area contributed by atoms with Crippen molar-refractivity contribution in [2.45, 2.75) is 25.4 Å². The van der Waals surface area contributed by atoms with Crippen LogP contribution in [-0.4, -0.2) is 35.3 Å². The molecule has 0 saturated carbocycles. The Morgan fingerprint density at radius 3 is 3.18 bits per heavy atom. The predicted octanol–water partition coefficient (Wildman–Crippen LogP) is 1.09. The molecule has 1 aromatic heterocycles. The van der Waals surface area contributed by atoms with Gasteiger partial charge in [-0.3, -0.25) is 4.79 Å².